The molecule has 2 aliphatic heterocycles. The molecule has 0 bridgehead atoms. The Kier molecular flexibility index (Phi) is 6.94. The molecule has 0 unspecified atom stereocenters. The van der Waals surface area contributed by atoms with Crippen molar-refractivity contribution < 1.29 is 19.0 Å². The van der Waals surface area contributed by atoms with Gasteiger partial charge >= 0.3 is 0 Å². The number of thiophene rings is 1. The maximum Gasteiger partial charge on any atom is 0.255 e. The van der Waals surface area contributed by atoms with E-state index in [4.69, 9.17) is 14.2 Å². The Labute approximate surface area is 213 Å². The third kappa shape index (κ3) is 4.63. The molecular weight excluding hydrogens is 460 g/mol. The van der Waals surface area contributed by atoms with Gasteiger partial charge in [-0.05, 0) is 75.5 Å². The van der Waals surface area contributed by atoms with Crippen LogP contribution in [0.1, 0.15) is 87.4 Å². The highest BCUT2D eigenvalue weighted by atomic mass is 32.1. The number of pyridine rings is 1. The van der Waals surface area contributed by atoms with Crippen molar-refractivity contribution in [3.63, 3.8) is 0 Å². The van der Waals surface area contributed by atoms with Crippen molar-refractivity contribution in [1.82, 2.24) is 9.88 Å². The first-order valence-corrected chi connectivity index (χ1v) is 13.8. The van der Waals surface area contributed by atoms with Gasteiger partial charge in [-0.15, -0.1) is 11.3 Å². The molecule has 7 heteroatoms. The van der Waals surface area contributed by atoms with Crippen LogP contribution in [-0.4, -0.2) is 48.4 Å². The van der Waals surface area contributed by atoms with E-state index in [2.05, 4.69) is 31.8 Å². The van der Waals surface area contributed by atoms with Crippen LogP contribution in [0.4, 0.5) is 0 Å². The molecule has 1 aliphatic carbocycles. The van der Waals surface area contributed by atoms with Gasteiger partial charge in [-0.3, -0.25) is 4.79 Å². The Bertz CT molecular complexity index is 1090. The minimum absolute atomic E-state index is 0.155. The first-order chi connectivity index (χ1) is 16.8. The van der Waals surface area contributed by atoms with Crippen LogP contribution in [-0.2, 0) is 22.4 Å². The summed E-state index contributed by atoms with van der Waals surface area (Å²) in [4.78, 5) is 23.1. The molecule has 2 aromatic rings. The fourth-order valence-corrected chi connectivity index (χ4v) is 7.77. The number of methoxy groups -OCH3 is 1. The van der Waals surface area contributed by atoms with Crippen molar-refractivity contribution in [2.24, 2.45) is 5.92 Å². The molecule has 1 atom stereocenters. The van der Waals surface area contributed by atoms with Crippen molar-refractivity contribution >= 4 is 17.2 Å². The lowest BCUT2D eigenvalue weighted by atomic mass is 9.77. The maximum absolute atomic E-state index is 13.9. The normalized spacial score (nSPS) is 21.3. The Hall–Kier alpha value is -1.96. The first-order valence-electron chi connectivity index (χ1n) is 13.0. The van der Waals surface area contributed by atoms with Gasteiger partial charge in [0.2, 0.25) is 5.88 Å². The monoisotopic (exact) mass is 498 g/mol. The molecule has 0 radical (unpaired) electrons. The zero-order chi connectivity index (χ0) is 24.7. The number of rotatable bonds is 5. The average Bonchev–Trinajstić information content (AvgIpc) is 3.38. The number of nitrogens with zero attached hydrogens (tertiary/aromatic N) is 2. The molecule has 2 fully saturated rings. The largest absolute Gasteiger partial charge is 0.481 e. The van der Waals surface area contributed by atoms with E-state index in [1.807, 2.05) is 23.2 Å². The Morgan fingerprint density at radius 3 is 2.63 bits per heavy atom. The van der Waals surface area contributed by atoms with Crippen molar-refractivity contribution in [2.45, 2.75) is 84.5 Å². The van der Waals surface area contributed by atoms with E-state index in [1.165, 1.54) is 15.3 Å². The minimum Gasteiger partial charge on any atom is -0.481 e. The molecule has 2 aromatic heterocycles. The molecule has 0 aromatic carbocycles. The second-order valence-corrected chi connectivity index (χ2v) is 11.7. The minimum atomic E-state index is -0.321. The van der Waals surface area contributed by atoms with E-state index in [9.17, 15) is 4.79 Å². The van der Waals surface area contributed by atoms with Gasteiger partial charge in [0.15, 0.2) is 5.79 Å². The molecule has 1 saturated carbocycles. The predicted octanol–water partition coefficient (Wildman–Crippen LogP) is 5.70. The third-order valence-corrected chi connectivity index (χ3v) is 9.85. The number of aromatic nitrogens is 1. The number of fused-ring (bicyclic) bond motifs is 1. The van der Waals surface area contributed by atoms with Gasteiger partial charge in [-0.1, -0.05) is 6.92 Å². The maximum atomic E-state index is 13.9. The summed E-state index contributed by atoms with van der Waals surface area (Å²) in [6.45, 7) is 11.3. The van der Waals surface area contributed by atoms with Crippen molar-refractivity contribution in [1.29, 1.82) is 0 Å². The summed E-state index contributed by atoms with van der Waals surface area (Å²) >= 11 is 1.88. The number of ether oxygens (including phenoxy) is 3. The number of carbonyl (C=O) groups excluding carboxylic acids is 1. The van der Waals surface area contributed by atoms with Crippen LogP contribution < -0.4 is 4.74 Å². The van der Waals surface area contributed by atoms with Crippen LogP contribution in [0, 0.1) is 26.7 Å². The number of hydrogen-bond acceptors (Lipinski definition) is 6. The molecule has 1 amide bonds. The Balaban J connectivity index is 1.36. The van der Waals surface area contributed by atoms with Crippen LogP contribution >= 0.6 is 11.3 Å². The third-order valence-electron chi connectivity index (χ3n) is 8.30. The summed E-state index contributed by atoms with van der Waals surface area (Å²) in [7, 11) is 1.65. The quantitative estimate of drug-likeness (QED) is 0.529. The lowest BCUT2D eigenvalue weighted by molar-refractivity contribution is -0.183. The van der Waals surface area contributed by atoms with E-state index < -0.39 is 0 Å². The number of carbonyl (C=O) groups is 1. The lowest BCUT2D eigenvalue weighted by Crippen LogP contribution is -2.36. The van der Waals surface area contributed by atoms with Crippen molar-refractivity contribution in [2.75, 3.05) is 26.9 Å². The summed E-state index contributed by atoms with van der Waals surface area (Å²) in [5.74, 6) is 1.50. The Morgan fingerprint density at radius 1 is 1.23 bits per heavy atom. The summed E-state index contributed by atoms with van der Waals surface area (Å²) in [6.07, 6.45) is 6.13. The average molecular weight is 499 g/mol. The highest BCUT2D eigenvalue weighted by Crippen LogP contribution is 2.46. The fourth-order valence-electron chi connectivity index (χ4n) is 6.28. The second kappa shape index (κ2) is 9.83. The molecule has 35 heavy (non-hydrogen) atoms. The molecule has 190 valence electrons. The second-order valence-electron chi connectivity index (χ2n) is 10.5. The number of amides is 1. The van der Waals surface area contributed by atoms with Crippen molar-refractivity contribution in [3.05, 3.63) is 43.8 Å². The summed E-state index contributed by atoms with van der Waals surface area (Å²) in [5, 5.41) is 0. The SMILES string of the molecule is COc1nc(C)cc(C)c1CN1CCCc2sc([C@H](C)C3CCC4(CC3)OCCO4)c(C)c2C1=O. The van der Waals surface area contributed by atoms with Crippen LogP contribution in [0.15, 0.2) is 6.07 Å². The van der Waals surface area contributed by atoms with Gasteiger partial charge in [-0.25, -0.2) is 4.98 Å². The fraction of sp³-hybridized carbons (Fsp3) is 0.643. The number of aryl methyl sites for hydroxylation is 3. The molecular formula is C28H38N2O4S. The molecule has 6 nitrogen and oxygen atoms in total. The van der Waals surface area contributed by atoms with E-state index in [0.717, 1.165) is 80.7 Å². The highest BCUT2D eigenvalue weighted by Gasteiger charge is 2.42. The van der Waals surface area contributed by atoms with E-state index in [-0.39, 0.29) is 11.7 Å². The molecule has 5 rings (SSSR count). The first kappa shape index (κ1) is 24.7. The molecule has 3 aliphatic rings. The molecule has 1 spiro atoms. The molecule has 0 N–H and O–H groups in total. The van der Waals surface area contributed by atoms with Crippen LogP contribution in [0.3, 0.4) is 0 Å². The van der Waals surface area contributed by atoms with Gasteiger partial charge < -0.3 is 19.1 Å². The van der Waals surface area contributed by atoms with Crippen LogP contribution in [0.25, 0.3) is 0 Å². The van der Waals surface area contributed by atoms with E-state index in [0.29, 0.717) is 24.3 Å². The summed E-state index contributed by atoms with van der Waals surface area (Å²) in [5.41, 5.74) is 5.19. The van der Waals surface area contributed by atoms with Crippen molar-refractivity contribution in [3.8, 4) is 5.88 Å². The molecule has 4 heterocycles. The zero-order valence-corrected chi connectivity index (χ0v) is 22.6. The van der Waals surface area contributed by atoms with Gasteiger partial charge in [-0.2, -0.15) is 0 Å². The van der Waals surface area contributed by atoms with Gasteiger partial charge in [0.1, 0.15) is 0 Å². The lowest BCUT2D eigenvalue weighted by Gasteiger charge is -2.37. The topological polar surface area (TPSA) is 60.9 Å². The zero-order valence-electron chi connectivity index (χ0n) is 21.7. The molecule has 1 saturated heterocycles. The summed E-state index contributed by atoms with van der Waals surface area (Å²) in [6, 6.07) is 2.07. The predicted molar refractivity (Wildman–Crippen MR) is 137 cm³/mol. The Morgan fingerprint density at radius 2 is 1.94 bits per heavy atom. The van der Waals surface area contributed by atoms with E-state index >= 15 is 0 Å². The highest BCUT2D eigenvalue weighted by molar-refractivity contribution is 7.12. The smallest absolute Gasteiger partial charge is 0.255 e. The van der Waals surface area contributed by atoms with Gasteiger partial charge in [0, 0.05) is 40.4 Å². The van der Waals surface area contributed by atoms with Gasteiger partial charge in [0.05, 0.1) is 32.4 Å². The summed E-state index contributed by atoms with van der Waals surface area (Å²) < 4.78 is 17.5. The standard InChI is InChI=1S/C28H38N2O4S/c1-17-15-18(2)29-26(32-5)22(17)16-30-12-6-7-23-24(27(30)31)20(4)25(35-23)19(3)21-8-10-28(11-9-21)33-13-14-34-28/h15,19,21H,6-14,16H2,1-5H3/t19-/m1/s1. The van der Waals surface area contributed by atoms with Gasteiger partial charge in [0.25, 0.3) is 5.91 Å². The number of hydrogen-bond donors (Lipinski definition) is 0. The van der Waals surface area contributed by atoms with Crippen LogP contribution in [0.5, 0.6) is 5.88 Å². The van der Waals surface area contributed by atoms with Crippen LogP contribution in [0.2, 0.25) is 0 Å². The van der Waals surface area contributed by atoms with E-state index in [1.54, 1.807) is 7.11 Å².